The third-order valence-corrected chi connectivity index (χ3v) is 4.89. The number of fused-ring (bicyclic) bond motifs is 1. The van der Waals surface area contributed by atoms with Crippen molar-refractivity contribution in [3.05, 3.63) is 29.8 Å². The average molecular weight is 388 g/mol. The molecule has 0 spiro atoms. The van der Waals surface area contributed by atoms with E-state index in [9.17, 15) is 9.59 Å². The molecule has 1 aromatic carbocycles. The second-order valence-electron chi connectivity index (χ2n) is 7.58. The van der Waals surface area contributed by atoms with Gasteiger partial charge in [0.15, 0.2) is 0 Å². The molecular formula is C22H33N3O3. The monoisotopic (exact) mass is 387 g/mol. The molecule has 1 heterocycles. The molecule has 0 fully saturated rings. The van der Waals surface area contributed by atoms with Crippen LogP contribution in [0.5, 0.6) is 5.75 Å². The van der Waals surface area contributed by atoms with Gasteiger partial charge in [0, 0.05) is 12.1 Å². The molecule has 0 aliphatic carbocycles. The zero-order valence-electron chi connectivity index (χ0n) is 18.0. The maximum atomic E-state index is 13.3. The first kappa shape index (κ1) is 22.0. The summed E-state index contributed by atoms with van der Waals surface area (Å²) < 4.78 is 5.63. The van der Waals surface area contributed by atoms with Crippen molar-refractivity contribution in [3.8, 4) is 5.75 Å². The fourth-order valence-electron chi connectivity index (χ4n) is 3.72. The number of benzene rings is 1. The number of hydrogen-bond donors (Lipinski definition) is 1. The quantitative estimate of drug-likeness (QED) is 0.745. The van der Waals surface area contributed by atoms with Gasteiger partial charge in [0.25, 0.3) is 0 Å². The van der Waals surface area contributed by atoms with Gasteiger partial charge in [0.1, 0.15) is 5.75 Å². The second-order valence-corrected chi connectivity index (χ2v) is 7.58. The average Bonchev–Trinajstić information content (AvgIpc) is 2.61. The van der Waals surface area contributed by atoms with Gasteiger partial charge < -0.3 is 15.0 Å². The van der Waals surface area contributed by atoms with Gasteiger partial charge in [-0.1, -0.05) is 13.0 Å². The SMILES string of the molecule is CCNC(=O)CN(CC)CC(=O)N1c2ccc(OCC)cc2C(C)=CC1(C)C. The number of carbonyl (C=O) groups is 2. The number of allylic oxidation sites excluding steroid dienone is 1. The molecule has 154 valence electrons. The zero-order valence-corrected chi connectivity index (χ0v) is 18.0. The largest absolute Gasteiger partial charge is 0.494 e. The van der Waals surface area contributed by atoms with Crippen LogP contribution in [0, 0.1) is 0 Å². The van der Waals surface area contributed by atoms with Gasteiger partial charge in [-0.05, 0) is 64.9 Å². The van der Waals surface area contributed by atoms with Gasteiger partial charge in [0.05, 0.1) is 30.9 Å². The Balaban J connectivity index is 2.30. The number of hydrogen-bond acceptors (Lipinski definition) is 4. The molecule has 0 saturated carbocycles. The smallest absolute Gasteiger partial charge is 0.241 e. The molecule has 1 aliphatic heterocycles. The lowest BCUT2D eigenvalue weighted by Crippen LogP contribution is -2.53. The molecular weight excluding hydrogens is 354 g/mol. The Morgan fingerprint density at radius 3 is 2.50 bits per heavy atom. The highest BCUT2D eigenvalue weighted by Crippen LogP contribution is 2.40. The maximum absolute atomic E-state index is 13.3. The molecule has 28 heavy (non-hydrogen) atoms. The Kier molecular flexibility index (Phi) is 7.24. The number of carbonyl (C=O) groups excluding carboxylic acids is 2. The van der Waals surface area contributed by atoms with Crippen LogP contribution in [0.15, 0.2) is 24.3 Å². The van der Waals surface area contributed by atoms with Crippen molar-refractivity contribution >= 4 is 23.1 Å². The topological polar surface area (TPSA) is 61.9 Å². The van der Waals surface area contributed by atoms with Crippen LogP contribution in [-0.4, -0.2) is 55.0 Å². The lowest BCUT2D eigenvalue weighted by atomic mass is 9.88. The van der Waals surface area contributed by atoms with Crippen molar-refractivity contribution in [2.75, 3.05) is 37.7 Å². The molecule has 2 rings (SSSR count). The summed E-state index contributed by atoms with van der Waals surface area (Å²) in [7, 11) is 0. The third-order valence-electron chi connectivity index (χ3n) is 4.89. The lowest BCUT2D eigenvalue weighted by molar-refractivity contribution is -0.124. The first-order chi connectivity index (χ1) is 13.2. The van der Waals surface area contributed by atoms with Crippen molar-refractivity contribution in [2.24, 2.45) is 0 Å². The minimum atomic E-state index is -0.452. The lowest BCUT2D eigenvalue weighted by Gasteiger charge is -2.42. The predicted octanol–water partition coefficient (Wildman–Crippen LogP) is 3.07. The Bertz CT molecular complexity index is 755. The van der Waals surface area contributed by atoms with Gasteiger partial charge in [-0.3, -0.25) is 14.5 Å². The van der Waals surface area contributed by atoms with Crippen molar-refractivity contribution in [1.29, 1.82) is 0 Å². The molecule has 1 aliphatic rings. The summed E-state index contributed by atoms with van der Waals surface area (Å²) in [6.45, 7) is 14.2. The van der Waals surface area contributed by atoms with Crippen molar-refractivity contribution < 1.29 is 14.3 Å². The van der Waals surface area contributed by atoms with Crippen molar-refractivity contribution in [2.45, 2.75) is 47.1 Å². The van der Waals surface area contributed by atoms with Gasteiger partial charge in [-0.25, -0.2) is 0 Å². The van der Waals surface area contributed by atoms with E-state index in [4.69, 9.17) is 4.74 Å². The van der Waals surface area contributed by atoms with E-state index < -0.39 is 5.54 Å². The van der Waals surface area contributed by atoms with E-state index >= 15 is 0 Å². The summed E-state index contributed by atoms with van der Waals surface area (Å²) in [5, 5.41) is 2.79. The standard InChI is InChI=1S/C22H33N3O3/c1-7-23-20(26)14-24(8-2)15-21(27)25-19-11-10-17(28-9-3)12-18(19)16(4)13-22(25,5)6/h10-13H,7-9,14-15H2,1-6H3,(H,23,26). The fourth-order valence-corrected chi connectivity index (χ4v) is 3.72. The van der Waals surface area contributed by atoms with Crippen LogP contribution in [0.3, 0.4) is 0 Å². The van der Waals surface area contributed by atoms with E-state index in [-0.39, 0.29) is 24.9 Å². The number of likely N-dealkylation sites (N-methyl/N-ethyl adjacent to an activating group) is 2. The van der Waals surface area contributed by atoms with Gasteiger partial charge in [-0.2, -0.15) is 0 Å². The summed E-state index contributed by atoms with van der Waals surface area (Å²) in [6.07, 6.45) is 2.11. The van der Waals surface area contributed by atoms with E-state index in [0.717, 1.165) is 22.6 Å². The molecule has 0 radical (unpaired) electrons. The summed E-state index contributed by atoms with van der Waals surface area (Å²) >= 11 is 0. The Labute approximate surface area is 168 Å². The van der Waals surface area contributed by atoms with E-state index in [2.05, 4.69) is 18.3 Å². The van der Waals surface area contributed by atoms with Crippen LogP contribution in [0.1, 0.15) is 47.1 Å². The van der Waals surface area contributed by atoms with Crippen LogP contribution in [-0.2, 0) is 9.59 Å². The van der Waals surface area contributed by atoms with Crippen molar-refractivity contribution in [1.82, 2.24) is 10.2 Å². The van der Waals surface area contributed by atoms with Gasteiger partial charge in [-0.15, -0.1) is 0 Å². The van der Waals surface area contributed by atoms with Crippen LogP contribution >= 0.6 is 0 Å². The highest BCUT2D eigenvalue weighted by atomic mass is 16.5. The second kappa shape index (κ2) is 9.24. The third kappa shape index (κ3) is 4.93. The molecule has 2 amide bonds. The molecule has 0 atom stereocenters. The number of nitrogens with zero attached hydrogens (tertiary/aromatic N) is 2. The normalized spacial score (nSPS) is 15.1. The van der Waals surface area contributed by atoms with Gasteiger partial charge >= 0.3 is 0 Å². The van der Waals surface area contributed by atoms with E-state index in [0.29, 0.717) is 19.7 Å². The molecule has 0 saturated heterocycles. The molecule has 1 N–H and O–H groups in total. The summed E-state index contributed by atoms with van der Waals surface area (Å²) in [5.74, 6) is 0.713. The molecule has 0 bridgehead atoms. The van der Waals surface area contributed by atoms with Gasteiger partial charge in [0.2, 0.25) is 11.8 Å². The van der Waals surface area contributed by atoms with Crippen LogP contribution in [0.2, 0.25) is 0 Å². The minimum absolute atomic E-state index is 0.0229. The number of ether oxygens (including phenoxy) is 1. The van der Waals surface area contributed by atoms with Crippen LogP contribution in [0.25, 0.3) is 5.57 Å². The summed E-state index contributed by atoms with van der Waals surface area (Å²) in [5.41, 5.74) is 2.56. The Morgan fingerprint density at radius 2 is 1.89 bits per heavy atom. The van der Waals surface area contributed by atoms with E-state index in [1.54, 1.807) is 0 Å². The molecule has 0 unspecified atom stereocenters. The predicted molar refractivity (Wildman–Crippen MR) is 114 cm³/mol. The Morgan fingerprint density at radius 1 is 1.18 bits per heavy atom. The van der Waals surface area contributed by atoms with Crippen LogP contribution < -0.4 is 15.0 Å². The summed E-state index contributed by atoms with van der Waals surface area (Å²) in [4.78, 5) is 28.9. The summed E-state index contributed by atoms with van der Waals surface area (Å²) in [6, 6.07) is 5.85. The molecule has 6 nitrogen and oxygen atoms in total. The molecule has 0 aromatic heterocycles. The van der Waals surface area contributed by atoms with E-state index in [1.165, 1.54) is 0 Å². The molecule has 6 heteroatoms. The zero-order chi connectivity index (χ0) is 20.9. The van der Waals surface area contributed by atoms with E-state index in [1.807, 2.05) is 62.6 Å². The van der Waals surface area contributed by atoms with Crippen LogP contribution in [0.4, 0.5) is 5.69 Å². The highest BCUT2D eigenvalue weighted by molar-refractivity contribution is 6.01. The highest BCUT2D eigenvalue weighted by Gasteiger charge is 2.36. The maximum Gasteiger partial charge on any atom is 0.241 e. The number of anilines is 1. The minimum Gasteiger partial charge on any atom is -0.494 e. The first-order valence-electron chi connectivity index (χ1n) is 10.0. The number of amides is 2. The molecule has 1 aromatic rings. The van der Waals surface area contributed by atoms with Crippen molar-refractivity contribution in [3.63, 3.8) is 0 Å². The fraction of sp³-hybridized carbons (Fsp3) is 0.545. The Hall–Kier alpha value is -2.34. The number of nitrogens with one attached hydrogen (secondary N) is 1. The number of rotatable bonds is 8. The first-order valence-corrected chi connectivity index (χ1v) is 10.0.